The minimum absolute atomic E-state index is 0. The van der Waals surface area contributed by atoms with E-state index in [1.165, 1.54) is 23.9 Å². The summed E-state index contributed by atoms with van der Waals surface area (Å²) in [4.78, 5) is 12.2. The minimum atomic E-state index is -0.399. The second kappa shape index (κ2) is 8.69. The summed E-state index contributed by atoms with van der Waals surface area (Å²) >= 11 is 1.52. The third kappa shape index (κ3) is 5.37. The van der Waals surface area contributed by atoms with Crippen LogP contribution in [0.15, 0.2) is 48.5 Å². The molecular formula is C16H18BrN3O2S. The molecule has 5 nitrogen and oxygen atoms in total. The van der Waals surface area contributed by atoms with E-state index in [4.69, 9.17) is 5.41 Å². The smallest absolute Gasteiger partial charge is 0.269 e. The first-order valence-corrected chi connectivity index (χ1v) is 7.72. The average Bonchev–Trinajstić information content (AvgIpc) is 2.53. The highest BCUT2D eigenvalue weighted by Gasteiger charge is 2.10. The van der Waals surface area contributed by atoms with Crippen LogP contribution in [-0.2, 0) is 5.75 Å². The van der Waals surface area contributed by atoms with Gasteiger partial charge in [0.1, 0.15) is 0 Å². The van der Waals surface area contributed by atoms with Crippen molar-refractivity contribution in [3.8, 4) is 0 Å². The Morgan fingerprint density at radius 1 is 1.13 bits per heavy atom. The van der Waals surface area contributed by atoms with Crippen LogP contribution in [0, 0.1) is 10.1 Å². The molecule has 2 aromatic carbocycles. The molecule has 0 saturated heterocycles. The summed E-state index contributed by atoms with van der Waals surface area (Å²) < 4.78 is 0. The van der Waals surface area contributed by atoms with Gasteiger partial charge in [-0.05, 0) is 29.8 Å². The molecule has 0 saturated carbocycles. The van der Waals surface area contributed by atoms with E-state index in [0.29, 0.717) is 5.75 Å². The standard InChI is InChI=1S/C16H17N3O2S.BrH/c1-18(2)14-9-5-13(6-10-14)16(17)22-11-12-3-7-15(8-4-12)19(20)21;/h3-10,17H,11H2,1-2H3;1H. The van der Waals surface area contributed by atoms with Crippen molar-refractivity contribution in [1.29, 1.82) is 0 Å². The van der Waals surface area contributed by atoms with E-state index < -0.39 is 4.92 Å². The van der Waals surface area contributed by atoms with Gasteiger partial charge in [0.15, 0.2) is 0 Å². The number of anilines is 1. The number of halogens is 1. The first-order valence-electron chi connectivity index (χ1n) is 6.73. The molecule has 0 amide bonds. The van der Waals surface area contributed by atoms with Crippen molar-refractivity contribution in [2.45, 2.75) is 5.75 Å². The number of rotatable bonds is 5. The Labute approximate surface area is 150 Å². The van der Waals surface area contributed by atoms with E-state index >= 15 is 0 Å². The van der Waals surface area contributed by atoms with Crippen molar-refractivity contribution in [2.24, 2.45) is 0 Å². The predicted molar refractivity (Wildman–Crippen MR) is 91.2 cm³/mol. The molecule has 0 fully saturated rings. The average molecular weight is 396 g/mol. The number of thioether (sulfide) groups is 1. The largest absolute Gasteiger partial charge is 1.00 e. The molecule has 0 heterocycles. The molecule has 0 bridgehead atoms. The quantitative estimate of drug-likeness (QED) is 0.308. The van der Waals surface area contributed by atoms with Gasteiger partial charge in [0.2, 0.25) is 5.04 Å². The maximum Gasteiger partial charge on any atom is 0.269 e. The zero-order chi connectivity index (χ0) is 16.1. The Bertz CT molecular complexity index is 673. The summed E-state index contributed by atoms with van der Waals surface area (Å²) in [5.74, 6) is 0.680. The van der Waals surface area contributed by atoms with Crippen molar-refractivity contribution in [2.75, 3.05) is 19.0 Å². The highest BCUT2D eigenvalue weighted by molar-refractivity contribution is 8.13. The van der Waals surface area contributed by atoms with E-state index in [1.807, 2.05) is 43.3 Å². The Hall–Kier alpha value is -1.86. The van der Waals surface area contributed by atoms with Gasteiger partial charge in [-0.25, -0.2) is 5.41 Å². The SMILES string of the molecule is CN(C)c1ccc(C(=[NH2+])SCc2ccc([N+](=O)[O-])cc2)cc1.[Br-]. The van der Waals surface area contributed by atoms with E-state index in [-0.39, 0.29) is 22.7 Å². The summed E-state index contributed by atoms with van der Waals surface area (Å²) in [6, 6.07) is 14.6. The fourth-order valence-electron chi connectivity index (χ4n) is 1.88. The summed E-state index contributed by atoms with van der Waals surface area (Å²) in [5, 5.41) is 17.5. The fraction of sp³-hybridized carbons (Fsp3) is 0.188. The second-order valence-corrected chi connectivity index (χ2v) is 6.03. The lowest BCUT2D eigenvalue weighted by atomic mass is 10.2. The molecule has 0 atom stereocenters. The number of nitro groups is 1. The first kappa shape index (κ1) is 19.2. The molecule has 2 rings (SSSR count). The van der Waals surface area contributed by atoms with Crippen LogP contribution in [0.5, 0.6) is 0 Å². The van der Waals surface area contributed by atoms with Gasteiger partial charge < -0.3 is 21.9 Å². The Morgan fingerprint density at radius 3 is 2.17 bits per heavy atom. The van der Waals surface area contributed by atoms with Crippen LogP contribution >= 0.6 is 11.8 Å². The highest BCUT2D eigenvalue weighted by atomic mass is 79.9. The molecular weight excluding hydrogens is 378 g/mol. The molecule has 0 aliphatic carbocycles. The van der Waals surface area contributed by atoms with Gasteiger partial charge in [-0.2, -0.15) is 0 Å². The lowest BCUT2D eigenvalue weighted by molar-refractivity contribution is -0.384. The Kier molecular flexibility index (Phi) is 7.25. The second-order valence-electron chi connectivity index (χ2n) is 5.02. The van der Waals surface area contributed by atoms with Crippen LogP contribution in [0.2, 0.25) is 0 Å². The predicted octanol–water partition coefficient (Wildman–Crippen LogP) is -0.896. The number of nitrogens with zero attached hydrogens (tertiary/aromatic N) is 2. The molecule has 2 aromatic rings. The van der Waals surface area contributed by atoms with Crippen molar-refractivity contribution in [3.63, 3.8) is 0 Å². The van der Waals surface area contributed by atoms with Gasteiger partial charge in [-0.1, -0.05) is 23.9 Å². The van der Waals surface area contributed by atoms with Gasteiger partial charge in [0.25, 0.3) is 5.69 Å². The molecule has 0 aliphatic heterocycles. The van der Waals surface area contributed by atoms with Crippen LogP contribution in [0.3, 0.4) is 0 Å². The zero-order valence-electron chi connectivity index (χ0n) is 12.9. The topological polar surface area (TPSA) is 72.0 Å². The minimum Gasteiger partial charge on any atom is -1.00 e. The number of non-ortho nitro benzene ring substituents is 1. The van der Waals surface area contributed by atoms with Crippen LogP contribution in [-0.4, -0.2) is 24.1 Å². The number of nitrogens with two attached hydrogens (primary N) is 1. The molecule has 0 radical (unpaired) electrons. The molecule has 2 N–H and O–H groups in total. The number of hydrogen-bond acceptors (Lipinski definition) is 4. The van der Waals surface area contributed by atoms with Gasteiger partial charge in [0, 0.05) is 37.7 Å². The molecule has 23 heavy (non-hydrogen) atoms. The van der Waals surface area contributed by atoms with Crippen molar-refractivity contribution >= 4 is 28.2 Å². The van der Waals surface area contributed by atoms with Crippen LogP contribution in [0.1, 0.15) is 11.1 Å². The summed E-state index contributed by atoms with van der Waals surface area (Å²) in [7, 11) is 3.98. The normalized spacial score (nSPS) is 9.83. The van der Waals surface area contributed by atoms with Crippen molar-refractivity contribution in [1.82, 2.24) is 0 Å². The molecule has 122 valence electrons. The lowest BCUT2D eigenvalue weighted by Gasteiger charge is -2.12. The number of benzene rings is 2. The van der Waals surface area contributed by atoms with Crippen molar-refractivity contribution in [3.05, 3.63) is 69.8 Å². The number of nitro benzene ring substituents is 1. The van der Waals surface area contributed by atoms with Gasteiger partial charge >= 0.3 is 0 Å². The molecule has 0 unspecified atom stereocenters. The van der Waals surface area contributed by atoms with Crippen LogP contribution in [0.4, 0.5) is 11.4 Å². The van der Waals surface area contributed by atoms with Gasteiger partial charge in [-0.15, -0.1) is 0 Å². The Morgan fingerprint density at radius 2 is 1.70 bits per heavy atom. The Balaban J connectivity index is 0.00000264. The van der Waals surface area contributed by atoms with E-state index in [0.717, 1.165) is 21.9 Å². The molecule has 7 heteroatoms. The maximum atomic E-state index is 10.6. The zero-order valence-corrected chi connectivity index (χ0v) is 15.3. The molecule has 0 spiro atoms. The summed E-state index contributed by atoms with van der Waals surface area (Å²) in [5.41, 5.74) is 3.21. The third-order valence-corrected chi connectivity index (χ3v) is 4.23. The molecule has 0 aromatic heterocycles. The third-order valence-electron chi connectivity index (χ3n) is 3.21. The van der Waals surface area contributed by atoms with Crippen LogP contribution < -0.4 is 27.3 Å². The van der Waals surface area contributed by atoms with E-state index in [9.17, 15) is 10.1 Å². The van der Waals surface area contributed by atoms with Gasteiger partial charge in [-0.3, -0.25) is 10.1 Å². The highest BCUT2D eigenvalue weighted by Crippen LogP contribution is 2.20. The number of hydrogen-bond donors (Lipinski definition) is 1. The summed E-state index contributed by atoms with van der Waals surface area (Å²) in [6.07, 6.45) is 0. The van der Waals surface area contributed by atoms with E-state index in [2.05, 4.69) is 0 Å². The summed E-state index contributed by atoms with van der Waals surface area (Å²) in [6.45, 7) is 0. The van der Waals surface area contributed by atoms with E-state index in [1.54, 1.807) is 12.1 Å². The van der Waals surface area contributed by atoms with Gasteiger partial charge in [0.05, 0.1) is 10.5 Å². The van der Waals surface area contributed by atoms with Crippen molar-refractivity contribution < 1.29 is 27.3 Å². The first-order chi connectivity index (χ1) is 10.5. The lowest BCUT2D eigenvalue weighted by Crippen LogP contribution is -3.00. The fourth-order valence-corrected chi connectivity index (χ4v) is 2.70. The maximum absolute atomic E-state index is 10.6. The van der Waals surface area contributed by atoms with Crippen LogP contribution in [0.25, 0.3) is 0 Å². The molecule has 0 aliphatic rings. The monoisotopic (exact) mass is 395 g/mol.